The second-order valence-electron chi connectivity index (χ2n) is 5.39. The summed E-state index contributed by atoms with van der Waals surface area (Å²) in [6, 6.07) is 7.39. The van der Waals surface area contributed by atoms with Gasteiger partial charge in [0.1, 0.15) is 16.5 Å². The third-order valence-corrected chi connectivity index (χ3v) is 3.74. The summed E-state index contributed by atoms with van der Waals surface area (Å²) in [6.45, 7) is 1.54. The van der Waals surface area contributed by atoms with E-state index in [-0.39, 0.29) is 17.2 Å². The number of hydrogen-bond acceptors (Lipinski definition) is 5. The minimum absolute atomic E-state index is 0.121. The van der Waals surface area contributed by atoms with Gasteiger partial charge < -0.3 is 18.9 Å². The van der Waals surface area contributed by atoms with Gasteiger partial charge in [0.05, 0.1) is 25.4 Å². The lowest BCUT2D eigenvalue weighted by Crippen LogP contribution is -2.12. The lowest BCUT2D eigenvalue weighted by Gasteiger charge is -2.12. The SMILES string of the molecule is FC(F)(F)c1cnc(Oc2cccc(OCCC3OCCO3)c2)c(Cl)c1. The van der Waals surface area contributed by atoms with E-state index in [0.29, 0.717) is 43.9 Å². The van der Waals surface area contributed by atoms with Crippen molar-refractivity contribution in [2.24, 2.45) is 0 Å². The zero-order valence-electron chi connectivity index (χ0n) is 13.5. The molecule has 2 aromatic rings. The molecule has 0 unspecified atom stereocenters. The first kappa shape index (κ1) is 18.8. The Kier molecular flexibility index (Phi) is 5.85. The van der Waals surface area contributed by atoms with Gasteiger partial charge in [-0.15, -0.1) is 0 Å². The molecule has 1 aromatic carbocycles. The van der Waals surface area contributed by atoms with Crippen molar-refractivity contribution in [3.63, 3.8) is 0 Å². The number of benzene rings is 1. The summed E-state index contributed by atoms with van der Waals surface area (Å²) in [7, 11) is 0. The number of nitrogens with zero attached hydrogens (tertiary/aromatic N) is 1. The minimum atomic E-state index is -4.52. The summed E-state index contributed by atoms with van der Waals surface area (Å²) in [5.41, 5.74) is -0.941. The number of hydrogen-bond donors (Lipinski definition) is 0. The van der Waals surface area contributed by atoms with Crippen LogP contribution in [0.15, 0.2) is 36.5 Å². The standard InChI is InChI=1S/C17H15ClF3NO4/c18-14-8-11(17(19,20)21)10-22-16(14)26-13-3-1-2-12(9-13)23-5-4-15-24-6-7-25-15/h1-3,8-10,15H,4-7H2. The summed E-state index contributed by atoms with van der Waals surface area (Å²) >= 11 is 5.83. The number of aromatic nitrogens is 1. The highest BCUT2D eigenvalue weighted by molar-refractivity contribution is 6.31. The van der Waals surface area contributed by atoms with Crippen LogP contribution in [-0.4, -0.2) is 31.1 Å². The second kappa shape index (κ2) is 8.11. The Balaban J connectivity index is 1.61. The van der Waals surface area contributed by atoms with E-state index in [9.17, 15) is 13.2 Å². The van der Waals surface area contributed by atoms with Crippen LogP contribution in [0.5, 0.6) is 17.4 Å². The first-order valence-electron chi connectivity index (χ1n) is 7.78. The van der Waals surface area contributed by atoms with Crippen molar-refractivity contribution in [1.29, 1.82) is 0 Å². The molecule has 0 amide bonds. The lowest BCUT2D eigenvalue weighted by molar-refractivity contribution is -0.137. The van der Waals surface area contributed by atoms with Crippen LogP contribution in [0.4, 0.5) is 13.2 Å². The molecule has 0 bridgehead atoms. The van der Waals surface area contributed by atoms with Gasteiger partial charge in [0.15, 0.2) is 6.29 Å². The van der Waals surface area contributed by atoms with E-state index in [1.165, 1.54) is 0 Å². The predicted molar refractivity (Wildman–Crippen MR) is 86.6 cm³/mol. The molecule has 1 aliphatic rings. The average Bonchev–Trinajstić information content (AvgIpc) is 3.10. The summed E-state index contributed by atoms with van der Waals surface area (Å²) in [5, 5.41) is -0.235. The Hall–Kier alpha value is -2.03. The molecule has 1 fully saturated rings. The van der Waals surface area contributed by atoms with Crippen LogP contribution in [-0.2, 0) is 15.7 Å². The molecule has 0 spiro atoms. The first-order chi connectivity index (χ1) is 12.4. The summed E-state index contributed by atoms with van der Waals surface area (Å²) in [5.74, 6) is 0.748. The Morgan fingerprint density at radius 2 is 1.88 bits per heavy atom. The van der Waals surface area contributed by atoms with Gasteiger partial charge in [-0.3, -0.25) is 0 Å². The maximum atomic E-state index is 12.6. The van der Waals surface area contributed by atoms with Crippen molar-refractivity contribution >= 4 is 11.6 Å². The molecule has 0 N–H and O–H groups in total. The quantitative estimate of drug-likeness (QED) is 0.717. The fraction of sp³-hybridized carbons (Fsp3) is 0.353. The molecule has 0 aliphatic carbocycles. The first-order valence-corrected chi connectivity index (χ1v) is 8.16. The highest BCUT2D eigenvalue weighted by Gasteiger charge is 2.31. The number of alkyl halides is 3. The van der Waals surface area contributed by atoms with E-state index >= 15 is 0 Å². The van der Waals surface area contributed by atoms with Gasteiger partial charge in [-0.05, 0) is 18.2 Å². The van der Waals surface area contributed by atoms with E-state index in [4.69, 9.17) is 30.5 Å². The van der Waals surface area contributed by atoms with Crippen LogP contribution < -0.4 is 9.47 Å². The number of halogens is 4. The fourth-order valence-electron chi connectivity index (χ4n) is 2.24. The van der Waals surface area contributed by atoms with Crippen LogP contribution >= 0.6 is 11.6 Å². The normalized spacial score (nSPS) is 15.2. The fourth-order valence-corrected chi connectivity index (χ4v) is 2.45. The van der Waals surface area contributed by atoms with Crippen molar-refractivity contribution in [2.45, 2.75) is 18.9 Å². The predicted octanol–water partition coefficient (Wildman–Crippen LogP) is 4.69. The molecule has 0 atom stereocenters. The molecular formula is C17H15ClF3NO4. The van der Waals surface area contributed by atoms with E-state index in [2.05, 4.69) is 4.98 Å². The smallest absolute Gasteiger partial charge is 0.417 e. The maximum absolute atomic E-state index is 12.6. The van der Waals surface area contributed by atoms with Gasteiger partial charge >= 0.3 is 6.18 Å². The van der Waals surface area contributed by atoms with Crippen LogP contribution in [0.3, 0.4) is 0 Å². The average molecular weight is 390 g/mol. The maximum Gasteiger partial charge on any atom is 0.417 e. The van der Waals surface area contributed by atoms with Gasteiger partial charge in [0.2, 0.25) is 5.88 Å². The zero-order chi connectivity index (χ0) is 18.6. The molecule has 0 radical (unpaired) electrons. The Bertz CT molecular complexity index is 751. The van der Waals surface area contributed by atoms with E-state index in [0.717, 1.165) is 6.07 Å². The van der Waals surface area contributed by atoms with E-state index in [1.54, 1.807) is 24.3 Å². The molecule has 3 rings (SSSR count). The molecule has 1 aliphatic heterocycles. The third-order valence-electron chi connectivity index (χ3n) is 3.47. The van der Waals surface area contributed by atoms with E-state index in [1.807, 2.05) is 0 Å². The molecule has 26 heavy (non-hydrogen) atoms. The van der Waals surface area contributed by atoms with Gasteiger partial charge in [0.25, 0.3) is 0 Å². The Morgan fingerprint density at radius 3 is 2.58 bits per heavy atom. The van der Waals surface area contributed by atoms with E-state index < -0.39 is 11.7 Å². The largest absolute Gasteiger partial charge is 0.493 e. The number of rotatable bonds is 6. The highest BCUT2D eigenvalue weighted by atomic mass is 35.5. The van der Waals surface area contributed by atoms with Crippen LogP contribution in [0.25, 0.3) is 0 Å². The number of pyridine rings is 1. The van der Waals surface area contributed by atoms with Gasteiger partial charge in [-0.2, -0.15) is 13.2 Å². The minimum Gasteiger partial charge on any atom is -0.493 e. The second-order valence-corrected chi connectivity index (χ2v) is 5.80. The van der Waals surface area contributed by atoms with Gasteiger partial charge in [-0.25, -0.2) is 4.98 Å². The summed E-state index contributed by atoms with van der Waals surface area (Å²) in [6.07, 6.45) is -3.53. The molecule has 140 valence electrons. The van der Waals surface area contributed by atoms with Crippen molar-refractivity contribution < 1.29 is 32.1 Å². The number of ether oxygens (including phenoxy) is 4. The van der Waals surface area contributed by atoms with Crippen LogP contribution in [0.2, 0.25) is 5.02 Å². The van der Waals surface area contributed by atoms with Crippen LogP contribution in [0, 0.1) is 0 Å². The van der Waals surface area contributed by atoms with Crippen molar-refractivity contribution in [3.8, 4) is 17.4 Å². The van der Waals surface area contributed by atoms with Gasteiger partial charge in [0, 0.05) is 18.7 Å². The molecular weight excluding hydrogens is 375 g/mol. The molecule has 5 nitrogen and oxygen atoms in total. The van der Waals surface area contributed by atoms with Gasteiger partial charge in [-0.1, -0.05) is 17.7 Å². The van der Waals surface area contributed by atoms with Crippen molar-refractivity contribution in [3.05, 3.63) is 47.1 Å². The summed E-state index contributed by atoms with van der Waals surface area (Å²) in [4.78, 5) is 3.64. The molecule has 2 heterocycles. The Morgan fingerprint density at radius 1 is 1.15 bits per heavy atom. The molecule has 9 heteroatoms. The van der Waals surface area contributed by atoms with Crippen molar-refractivity contribution in [2.75, 3.05) is 19.8 Å². The van der Waals surface area contributed by atoms with Crippen molar-refractivity contribution in [1.82, 2.24) is 4.98 Å². The molecule has 1 saturated heterocycles. The monoisotopic (exact) mass is 389 g/mol. The molecule has 1 aromatic heterocycles. The Labute approximate surface area is 152 Å². The third kappa shape index (κ3) is 5.00. The van der Waals surface area contributed by atoms with Crippen LogP contribution in [0.1, 0.15) is 12.0 Å². The highest BCUT2D eigenvalue weighted by Crippen LogP contribution is 2.35. The topological polar surface area (TPSA) is 49.8 Å². The summed E-state index contributed by atoms with van der Waals surface area (Å²) < 4.78 is 59.6. The zero-order valence-corrected chi connectivity index (χ0v) is 14.2. The lowest BCUT2D eigenvalue weighted by atomic mass is 10.3. The molecule has 0 saturated carbocycles.